The minimum atomic E-state index is -0.0413. The molecular weight excluding hydrogens is 248 g/mol. The van der Waals surface area contributed by atoms with Gasteiger partial charge in [-0.25, -0.2) is 0 Å². The maximum absolute atomic E-state index is 6.03. The van der Waals surface area contributed by atoms with Crippen molar-refractivity contribution in [2.75, 3.05) is 6.61 Å². The van der Waals surface area contributed by atoms with E-state index in [0.29, 0.717) is 0 Å². The predicted molar refractivity (Wildman–Crippen MR) is 77.5 cm³/mol. The van der Waals surface area contributed by atoms with E-state index >= 15 is 0 Å². The number of benzene rings is 2. The summed E-state index contributed by atoms with van der Waals surface area (Å²) in [6.07, 6.45) is 2.76. The predicted octanol–water partition coefficient (Wildman–Crippen LogP) is 3.29. The molecule has 1 aromatic heterocycles. The Morgan fingerprint density at radius 3 is 2.80 bits per heavy atom. The highest BCUT2D eigenvalue weighted by Crippen LogP contribution is 2.35. The first-order valence-electron chi connectivity index (χ1n) is 6.83. The maximum atomic E-state index is 6.03. The van der Waals surface area contributed by atoms with Crippen molar-refractivity contribution in [3.05, 3.63) is 71.4 Å². The Labute approximate surface area is 117 Å². The molecule has 2 aromatic carbocycles. The summed E-state index contributed by atoms with van der Waals surface area (Å²) in [7, 11) is 0. The standard InChI is InChI=1S/C17H14N2O/c1-2-6-13-12(5-1)9-10-20-17(13)15-11-18-19-16-8-4-3-7-14(15)16/h1-8,11,17H,9-10H2. The summed E-state index contributed by atoms with van der Waals surface area (Å²) >= 11 is 0. The van der Waals surface area contributed by atoms with Crippen molar-refractivity contribution in [1.82, 2.24) is 10.2 Å². The van der Waals surface area contributed by atoms with Gasteiger partial charge in [0, 0.05) is 10.9 Å². The van der Waals surface area contributed by atoms with Gasteiger partial charge in [-0.1, -0.05) is 42.5 Å². The van der Waals surface area contributed by atoms with E-state index in [1.165, 1.54) is 11.1 Å². The van der Waals surface area contributed by atoms with Gasteiger partial charge in [-0.3, -0.25) is 0 Å². The monoisotopic (exact) mass is 262 g/mol. The first kappa shape index (κ1) is 11.6. The number of ether oxygens (including phenoxy) is 1. The Hall–Kier alpha value is -2.26. The van der Waals surface area contributed by atoms with Crippen molar-refractivity contribution < 1.29 is 4.74 Å². The van der Waals surface area contributed by atoms with Crippen LogP contribution < -0.4 is 0 Å². The summed E-state index contributed by atoms with van der Waals surface area (Å²) in [5.74, 6) is 0. The zero-order valence-electron chi connectivity index (χ0n) is 11.0. The maximum Gasteiger partial charge on any atom is 0.110 e. The van der Waals surface area contributed by atoms with Crippen LogP contribution in [0.3, 0.4) is 0 Å². The molecule has 20 heavy (non-hydrogen) atoms. The highest BCUT2D eigenvalue weighted by molar-refractivity contribution is 5.82. The molecule has 0 saturated carbocycles. The van der Waals surface area contributed by atoms with Crippen LogP contribution in [0.2, 0.25) is 0 Å². The molecule has 0 radical (unpaired) electrons. The molecule has 4 rings (SSSR count). The molecular formula is C17H14N2O. The second kappa shape index (κ2) is 4.69. The lowest BCUT2D eigenvalue weighted by atomic mass is 9.92. The molecule has 98 valence electrons. The fourth-order valence-corrected chi connectivity index (χ4v) is 2.89. The summed E-state index contributed by atoms with van der Waals surface area (Å²) in [6, 6.07) is 16.6. The molecule has 1 aliphatic rings. The summed E-state index contributed by atoms with van der Waals surface area (Å²) in [4.78, 5) is 0. The van der Waals surface area contributed by atoms with E-state index in [0.717, 1.165) is 29.5 Å². The van der Waals surface area contributed by atoms with Gasteiger partial charge in [-0.2, -0.15) is 10.2 Å². The Morgan fingerprint density at radius 1 is 0.950 bits per heavy atom. The van der Waals surface area contributed by atoms with Gasteiger partial charge >= 0.3 is 0 Å². The molecule has 0 bridgehead atoms. The van der Waals surface area contributed by atoms with Crippen molar-refractivity contribution in [3.8, 4) is 0 Å². The van der Waals surface area contributed by atoms with Crippen molar-refractivity contribution in [2.45, 2.75) is 12.5 Å². The molecule has 3 nitrogen and oxygen atoms in total. The number of hydrogen-bond acceptors (Lipinski definition) is 3. The lowest BCUT2D eigenvalue weighted by Crippen LogP contribution is -2.17. The lowest BCUT2D eigenvalue weighted by Gasteiger charge is -2.26. The molecule has 0 saturated heterocycles. The highest BCUT2D eigenvalue weighted by atomic mass is 16.5. The molecule has 1 unspecified atom stereocenters. The van der Waals surface area contributed by atoms with E-state index < -0.39 is 0 Å². The van der Waals surface area contributed by atoms with Crippen molar-refractivity contribution in [2.24, 2.45) is 0 Å². The minimum Gasteiger partial charge on any atom is -0.368 e. The molecule has 1 aliphatic heterocycles. The Morgan fingerprint density at radius 2 is 1.80 bits per heavy atom. The third kappa shape index (κ3) is 1.79. The van der Waals surface area contributed by atoms with Crippen LogP contribution >= 0.6 is 0 Å². The zero-order valence-corrected chi connectivity index (χ0v) is 11.0. The summed E-state index contributed by atoms with van der Waals surface area (Å²) < 4.78 is 6.03. The number of nitrogens with zero attached hydrogens (tertiary/aromatic N) is 2. The Kier molecular flexibility index (Phi) is 2.71. The van der Waals surface area contributed by atoms with Crippen LogP contribution in [0, 0.1) is 0 Å². The van der Waals surface area contributed by atoms with Crippen LogP contribution in [0.4, 0.5) is 0 Å². The molecule has 0 fully saturated rings. The molecule has 3 aromatic rings. The van der Waals surface area contributed by atoms with E-state index in [9.17, 15) is 0 Å². The van der Waals surface area contributed by atoms with Crippen LogP contribution in [0.25, 0.3) is 10.9 Å². The molecule has 0 N–H and O–H groups in total. The van der Waals surface area contributed by atoms with Gasteiger partial charge in [0.05, 0.1) is 18.3 Å². The SMILES string of the molecule is c1ccc2c(c1)CCOC2c1cnnc2ccccc12. The number of hydrogen-bond donors (Lipinski definition) is 0. The lowest BCUT2D eigenvalue weighted by molar-refractivity contribution is 0.0705. The van der Waals surface area contributed by atoms with E-state index in [2.05, 4.69) is 40.5 Å². The van der Waals surface area contributed by atoms with E-state index in [-0.39, 0.29) is 6.10 Å². The third-order valence-electron chi connectivity index (χ3n) is 3.85. The third-order valence-corrected chi connectivity index (χ3v) is 3.85. The second-order valence-electron chi connectivity index (χ2n) is 5.02. The van der Waals surface area contributed by atoms with Crippen molar-refractivity contribution in [1.29, 1.82) is 0 Å². The smallest absolute Gasteiger partial charge is 0.110 e. The van der Waals surface area contributed by atoms with E-state index in [1.54, 1.807) is 0 Å². The van der Waals surface area contributed by atoms with Gasteiger partial charge in [0.2, 0.25) is 0 Å². The van der Waals surface area contributed by atoms with Gasteiger partial charge in [0.25, 0.3) is 0 Å². The molecule has 0 spiro atoms. The normalized spacial score (nSPS) is 17.9. The van der Waals surface area contributed by atoms with Crippen LogP contribution in [0.1, 0.15) is 22.8 Å². The minimum absolute atomic E-state index is 0.0413. The molecule has 0 aliphatic carbocycles. The van der Waals surface area contributed by atoms with Crippen LogP contribution in [-0.2, 0) is 11.2 Å². The van der Waals surface area contributed by atoms with Gasteiger partial charge in [0.1, 0.15) is 6.10 Å². The van der Waals surface area contributed by atoms with E-state index in [4.69, 9.17) is 4.74 Å². The van der Waals surface area contributed by atoms with Gasteiger partial charge in [-0.15, -0.1) is 0 Å². The van der Waals surface area contributed by atoms with Crippen LogP contribution in [0.5, 0.6) is 0 Å². The first-order chi connectivity index (χ1) is 9.93. The van der Waals surface area contributed by atoms with Crippen LogP contribution in [0.15, 0.2) is 54.7 Å². The van der Waals surface area contributed by atoms with E-state index in [1.807, 2.05) is 24.4 Å². The first-order valence-corrected chi connectivity index (χ1v) is 6.83. The highest BCUT2D eigenvalue weighted by Gasteiger charge is 2.24. The number of rotatable bonds is 1. The molecule has 1 atom stereocenters. The average molecular weight is 262 g/mol. The largest absolute Gasteiger partial charge is 0.368 e. The second-order valence-corrected chi connectivity index (χ2v) is 5.02. The Bertz CT molecular complexity index is 764. The number of fused-ring (bicyclic) bond motifs is 2. The topological polar surface area (TPSA) is 35.0 Å². The summed E-state index contributed by atoms with van der Waals surface area (Å²) in [6.45, 7) is 0.748. The van der Waals surface area contributed by atoms with Gasteiger partial charge in [-0.05, 0) is 23.6 Å². The van der Waals surface area contributed by atoms with Crippen molar-refractivity contribution in [3.63, 3.8) is 0 Å². The van der Waals surface area contributed by atoms with Crippen molar-refractivity contribution >= 4 is 10.9 Å². The quantitative estimate of drug-likeness (QED) is 0.675. The molecule has 0 amide bonds. The fraction of sp³-hybridized carbons (Fsp3) is 0.176. The van der Waals surface area contributed by atoms with Crippen LogP contribution in [-0.4, -0.2) is 16.8 Å². The van der Waals surface area contributed by atoms with Gasteiger partial charge < -0.3 is 4.74 Å². The average Bonchev–Trinajstić information content (AvgIpc) is 2.54. The molecule has 3 heteroatoms. The molecule has 2 heterocycles. The zero-order chi connectivity index (χ0) is 13.4. The fourth-order valence-electron chi connectivity index (χ4n) is 2.89. The number of aromatic nitrogens is 2. The Balaban J connectivity index is 1.93. The summed E-state index contributed by atoms with van der Waals surface area (Å²) in [5.41, 5.74) is 4.63. The summed E-state index contributed by atoms with van der Waals surface area (Å²) in [5, 5.41) is 9.43. The van der Waals surface area contributed by atoms with Gasteiger partial charge in [0.15, 0.2) is 0 Å².